The molecule has 0 amide bonds. The largest absolute Gasteiger partial charge is 0.390 e. The van der Waals surface area contributed by atoms with Gasteiger partial charge in [-0.05, 0) is 6.42 Å². The summed E-state index contributed by atoms with van der Waals surface area (Å²) in [6, 6.07) is 0. The molecule has 4 nitrogen and oxygen atoms in total. The van der Waals surface area contributed by atoms with Crippen molar-refractivity contribution in [3.05, 3.63) is 0 Å². The molecular formula is C6H14ClNO3. The van der Waals surface area contributed by atoms with Gasteiger partial charge >= 0.3 is 0 Å². The highest BCUT2D eigenvalue weighted by atomic mass is 35.5. The van der Waals surface area contributed by atoms with Crippen molar-refractivity contribution in [2.75, 3.05) is 19.8 Å². The number of piperidine rings is 1. The van der Waals surface area contributed by atoms with Crippen molar-refractivity contribution >= 4 is 12.4 Å². The van der Waals surface area contributed by atoms with Crippen molar-refractivity contribution in [3.63, 3.8) is 0 Å². The van der Waals surface area contributed by atoms with Crippen molar-refractivity contribution in [2.24, 2.45) is 0 Å². The summed E-state index contributed by atoms with van der Waals surface area (Å²) in [7, 11) is 0. The van der Waals surface area contributed by atoms with Crippen LogP contribution in [0.2, 0.25) is 0 Å². The first-order chi connectivity index (χ1) is 4.74. The van der Waals surface area contributed by atoms with Crippen LogP contribution in [-0.2, 0) is 0 Å². The third kappa shape index (κ3) is 2.92. The van der Waals surface area contributed by atoms with Gasteiger partial charge in [-0.1, -0.05) is 0 Å². The molecule has 68 valence electrons. The van der Waals surface area contributed by atoms with Crippen molar-refractivity contribution in [2.45, 2.75) is 18.6 Å². The predicted molar refractivity (Wildman–Crippen MR) is 42.5 cm³/mol. The van der Waals surface area contributed by atoms with Gasteiger partial charge in [0.25, 0.3) is 0 Å². The molecule has 0 spiro atoms. The van der Waals surface area contributed by atoms with E-state index in [2.05, 4.69) is 0 Å². The lowest BCUT2D eigenvalue weighted by Crippen LogP contribution is -2.46. The molecule has 0 radical (unpaired) electrons. The van der Waals surface area contributed by atoms with Gasteiger partial charge in [-0.15, -0.1) is 12.4 Å². The fourth-order valence-corrected chi connectivity index (χ4v) is 1.11. The zero-order chi connectivity index (χ0) is 7.56. The van der Waals surface area contributed by atoms with Crippen LogP contribution in [-0.4, -0.2) is 52.2 Å². The molecule has 1 fully saturated rings. The maximum Gasteiger partial charge on any atom is 0.0957 e. The van der Waals surface area contributed by atoms with E-state index in [1.54, 1.807) is 4.90 Å². The van der Waals surface area contributed by atoms with E-state index in [1.807, 2.05) is 0 Å². The summed E-state index contributed by atoms with van der Waals surface area (Å²) in [4.78, 5) is 1.69. The van der Waals surface area contributed by atoms with Crippen molar-refractivity contribution in [3.8, 4) is 0 Å². The van der Waals surface area contributed by atoms with Crippen molar-refractivity contribution < 1.29 is 15.3 Å². The summed E-state index contributed by atoms with van der Waals surface area (Å²) >= 11 is 0. The lowest BCUT2D eigenvalue weighted by molar-refractivity contribution is -0.0576. The SMILES string of the molecule is Cl.OCN1CCC(O)C(O)C1. The maximum absolute atomic E-state index is 9.08. The predicted octanol–water partition coefficient (Wildman–Crippen LogP) is -1.21. The standard InChI is InChI=1S/C6H13NO3.ClH/c8-4-7-2-1-5(9)6(10)3-7;/h5-6,8-10H,1-4H2;1H. The van der Waals surface area contributed by atoms with E-state index in [0.717, 1.165) is 0 Å². The summed E-state index contributed by atoms with van der Waals surface area (Å²) in [5.74, 6) is 0. The highest BCUT2D eigenvalue weighted by Gasteiger charge is 2.24. The van der Waals surface area contributed by atoms with Crippen LogP contribution in [0.4, 0.5) is 0 Å². The number of aliphatic hydroxyl groups excluding tert-OH is 3. The molecule has 2 unspecified atom stereocenters. The number of likely N-dealkylation sites (tertiary alicyclic amines) is 1. The Hall–Kier alpha value is 0.130. The van der Waals surface area contributed by atoms with Crippen LogP contribution < -0.4 is 0 Å². The van der Waals surface area contributed by atoms with Crippen LogP contribution >= 0.6 is 12.4 Å². The zero-order valence-electron chi connectivity index (χ0n) is 6.18. The van der Waals surface area contributed by atoms with Gasteiger partial charge in [-0.2, -0.15) is 0 Å². The van der Waals surface area contributed by atoms with Gasteiger partial charge in [-0.3, -0.25) is 4.90 Å². The molecule has 3 N–H and O–H groups in total. The fraction of sp³-hybridized carbons (Fsp3) is 1.00. The van der Waals surface area contributed by atoms with Gasteiger partial charge in [0.2, 0.25) is 0 Å². The molecule has 1 aliphatic heterocycles. The number of hydrogen-bond acceptors (Lipinski definition) is 4. The minimum Gasteiger partial charge on any atom is -0.390 e. The fourth-order valence-electron chi connectivity index (χ4n) is 1.11. The number of hydrogen-bond donors (Lipinski definition) is 3. The molecule has 0 aliphatic carbocycles. The van der Waals surface area contributed by atoms with E-state index in [0.29, 0.717) is 19.5 Å². The Morgan fingerprint density at radius 2 is 1.91 bits per heavy atom. The molecule has 0 aromatic rings. The van der Waals surface area contributed by atoms with Crippen LogP contribution in [0.5, 0.6) is 0 Å². The second-order valence-corrected chi connectivity index (χ2v) is 2.64. The molecule has 5 heteroatoms. The Morgan fingerprint density at radius 3 is 2.36 bits per heavy atom. The van der Waals surface area contributed by atoms with E-state index >= 15 is 0 Å². The smallest absolute Gasteiger partial charge is 0.0957 e. The maximum atomic E-state index is 9.08. The third-order valence-electron chi connectivity index (χ3n) is 1.83. The molecular weight excluding hydrogens is 170 g/mol. The molecule has 0 aromatic carbocycles. The van der Waals surface area contributed by atoms with Crippen LogP contribution in [0.1, 0.15) is 6.42 Å². The van der Waals surface area contributed by atoms with E-state index in [1.165, 1.54) is 0 Å². The Morgan fingerprint density at radius 1 is 1.27 bits per heavy atom. The van der Waals surface area contributed by atoms with Crippen LogP contribution in [0.3, 0.4) is 0 Å². The van der Waals surface area contributed by atoms with Crippen LogP contribution in [0, 0.1) is 0 Å². The van der Waals surface area contributed by atoms with Gasteiger partial charge in [0.05, 0.1) is 18.9 Å². The topological polar surface area (TPSA) is 63.9 Å². The lowest BCUT2D eigenvalue weighted by atomic mass is 10.1. The van der Waals surface area contributed by atoms with Gasteiger partial charge in [0.1, 0.15) is 0 Å². The van der Waals surface area contributed by atoms with Crippen molar-refractivity contribution in [1.29, 1.82) is 0 Å². The summed E-state index contributed by atoms with van der Waals surface area (Å²) in [5, 5.41) is 26.7. The Balaban J connectivity index is 0.000001000. The van der Waals surface area contributed by atoms with E-state index in [9.17, 15) is 0 Å². The average Bonchev–Trinajstić information content (AvgIpc) is 1.95. The summed E-state index contributed by atoms with van der Waals surface area (Å²) < 4.78 is 0. The zero-order valence-corrected chi connectivity index (χ0v) is 7.00. The first-order valence-corrected chi connectivity index (χ1v) is 3.43. The summed E-state index contributed by atoms with van der Waals surface area (Å²) in [6.45, 7) is 0.996. The second kappa shape index (κ2) is 4.90. The Kier molecular flexibility index (Phi) is 4.96. The molecule has 1 saturated heterocycles. The first-order valence-electron chi connectivity index (χ1n) is 3.43. The monoisotopic (exact) mass is 183 g/mol. The Labute approximate surface area is 71.9 Å². The number of halogens is 1. The number of nitrogens with zero attached hydrogens (tertiary/aromatic N) is 1. The van der Waals surface area contributed by atoms with E-state index < -0.39 is 12.2 Å². The van der Waals surface area contributed by atoms with E-state index in [-0.39, 0.29) is 19.1 Å². The average molecular weight is 184 g/mol. The third-order valence-corrected chi connectivity index (χ3v) is 1.83. The molecule has 0 bridgehead atoms. The molecule has 1 aliphatic rings. The first kappa shape index (κ1) is 11.1. The quantitative estimate of drug-likeness (QED) is 0.477. The molecule has 0 saturated carbocycles. The number of aliphatic hydroxyl groups is 3. The number of β-amino-alcohol motifs (C(OH)–C–C–N with tert-alkyl or cyclic N) is 1. The van der Waals surface area contributed by atoms with E-state index in [4.69, 9.17) is 15.3 Å². The van der Waals surface area contributed by atoms with Crippen LogP contribution in [0.25, 0.3) is 0 Å². The molecule has 11 heavy (non-hydrogen) atoms. The molecule has 1 rings (SSSR count). The lowest BCUT2D eigenvalue weighted by Gasteiger charge is -2.31. The minimum absolute atomic E-state index is 0. The number of rotatable bonds is 1. The van der Waals surface area contributed by atoms with Gasteiger partial charge in [0.15, 0.2) is 0 Å². The summed E-state index contributed by atoms with van der Waals surface area (Å²) in [5.41, 5.74) is 0. The van der Waals surface area contributed by atoms with Gasteiger partial charge < -0.3 is 15.3 Å². The minimum atomic E-state index is -0.694. The normalized spacial score (nSPS) is 33.0. The van der Waals surface area contributed by atoms with Gasteiger partial charge in [0, 0.05) is 13.1 Å². The highest BCUT2D eigenvalue weighted by molar-refractivity contribution is 5.85. The molecule has 0 aromatic heterocycles. The Bertz CT molecular complexity index is 114. The summed E-state index contributed by atoms with van der Waals surface area (Å²) in [6.07, 6.45) is -0.759. The van der Waals surface area contributed by atoms with Crippen molar-refractivity contribution in [1.82, 2.24) is 4.90 Å². The van der Waals surface area contributed by atoms with Gasteiger partial charge in [-0.25, -0.2) is 0 Å². The van der Waals surface area contributed by atoms with Crippen LogP contribution in [0.15, 0.2) is 0 Å². The molecule has 2 atom stereocenters. The highest BCUT2D eigenvalue weighted by Crippen LogP contribution is 2.09. The second-order valence-electron chi connectivity index (χ2n) is 2.64. The molecule has 1 heterocycles.